The lowest BCUT2D eigenvalue weighted by molar-refractivity contribution is -0.149. The van der Waals surface area contributed by atoms with Crippen molar-refractivity contribution in [1.29, 1.82) is 0 Å². The highest BCUT2D eigenvalue weighted by Crippen LogP contribution is 2.26. The monoisotopic (exact) mass is 351 g/mol. The van der Waals surface area contributed by atoms with E-state index in [0.717, 1.165) is 23.5 Å². The number of esters is 1. The largest absolute Gasteiger partial charge is 0.466 e. The van der Waals surface area contributed by atoms with Gasteiger partial charge in [0, 0.05) is 30.8 Å². The number of thioether (sulfide) groups is 1. The molecule has 0 unspecified atom stereocenters. The maximum Gasteiger partial charge on any atom is 0.310 e. The number of likely N-dealkylation sites (tertiary alicyclic amines) is 1. The molecule has 1 heterocycles. The fourth-order valence-electron chi connectivity index (χ4n) is 2.79. The number of rotatable bonds is 7. The molecule has 1 atom stereocenters. The maximum atomic E-state index is 12.9. The molecule has 2 rings (SSSR count). The van der Waals surface area contributed by atoms with Crippen LogP contribution in [-0.2, 0) is 14.3 Å². The van der Waals surface area contributed by atoms with Crippen molar-refractivity contribution in [3.63, 3.8) is 0 Å². The van der Waals surface area contributed by atoms with Crippen LogP contribution in [0.4, 0.5) is 0 Å². The smallest absolute Gasteiger partial charge is 0.310 e. The predicted octanol–water partition coefficient (Wildman–Crippen LogP) is 2.84. The van der Waals surface area contributed by atoms with E-state index in [0.29, 0.717) is 31.9 Å². The second-order valence-electron chi connectivity index (χ2n) is 5.68. The third-order valence-corrected chi connectivity index (χ3v) is 5.03. The second kappa shape index (κ2) is 9.69. The van der Waals surface area contributed by atoms with Crippen molar-refractivity contribution in [3.8, 4) is 0 Å². The second-order valence-corrected chi connectivity index (χ2v) is 6.82. The van der Waals surface area contributed by atoms with Crippen molar-refractivity contribution in [2.45, 2.75) is 24.7 Å². The fraction of sp³-hybridized carbons (Fsp3) is 0.556. The molecule has 1 aliphatic heterocycles. The van der Waals surface area contributed by atoms with Gasteiger partial charge in [0.15, 0.2) is 0 Å². The van der Waals surface area contributed by atoms with Crippen LogP contribution in [0.1, 0.15) is 30.1 Å². The number of methoxy groups -OCH3 is 1. The fourth-order valence-corrected chi connectivity index (χ4v) is 3.74. The Morgan fingerprint density at radius 3 is 2.88 bits per heavy atom. The number of nitrogens with zero attached hydrogens (tertiary/aromatic N) is 1. The summed E-state index contributed by atoms with van der Waals surface area (Å²) < 4.78 is 10.2. The lowest BCUT2D eigenvalue weighted by Gasteiger charge is -2.32. The number of piperidine rings is 1. The summed E-state index contributed by atoms with van der Waals surface area (Å²) in [5.41, 5.74) is 0.697. The van der Waals surface area contributed by atoms with Gasteiger partial charge in [0.05, 0.1) is 24.7 Å². The molecular weight excluding hydrogens is 326 g/mol. The van der Waals surface area contributed by atoms with Crippen LogP contribution in [0.5, 0.6) is 0 Å². The van der Waals surface area contributed by atoms with Crippen LogP contribution < -0.4 is 0 Å². The molecule has 0 aromatic heterocycles. The zero-order chi connectivity index (χ0) is 17.4. The Labute approximate surface area is 147 Å². The van der Waals surface area contributed by atoms with Crippen molar-refractivity contribution < 1.29 is 19.1 Å². The van der Waals surface area contributed by atoms with Gasteiger partial charge in [-0.3, -0.25) is 9.59 Å². The first kappa shape index (κ1) is 18.8. The zero-order valence-corrected chi connectivity index (χ0v) is 15.1. The van der Waals surface area contributed by atoms with Crippen molar-refractivity contribution >= 4 is 23.6 Å². The normalized spacial score (nSPS) is 17.6. The SMILES string of the molecule is CCOC(=O)[C@@H]1CCCN(C(=O)c2ccccc2SCCOC)C1. The van der Waals surface area contributed by atoms with E-state index in [1.165, 1.54) is 0 Å². The Kier molecular flexibility index (Phi) is 7.59. The van der Waals surface area contributed by atoms with E-state index >= 15 is 0 Å². The summed E-state index contributed by atoms with van der Waals surface area (Å²) in [6.07, 6.45) is 1.61. The van der Waals surface area contributed by atoms with Crippen LogP contribution in [0, 0.1) is 5.92 Å². The average Bonchev–Trinajstić information content (AvgIpc) is 2.62. The quantitative estimate of drug-likeness (QED) is 0.429. The molecule has 1 saturated heterocycles. The van der Waals surface area contributed by atoms with E-state index < -0.39 is 0 Å². The molecule has 1 aliphatic rings. The molecule has 0 bridgehead atoms. The third kappa shape index (κ3) is 4.98. The Balaban J connectivity index is 2.06. The molecule has 1 fully saturated rings. The van der Waals surface area contributed by atoms with Crippen molar-refractivity contribution in [2.75, 3.05) is 39.2 Å². The molecule has 5 nitrogen and oxygen atoms in total. The van der Waals surface area contributed by atoms with E-state index in [4.69, 9.17) is 9.47 Å². The number of hydrogen-bond acceptors (Lipinski definition) is 5. The summed E-state index contributed by atoms with van der Waals surface area (Å²) in [6.45, 7) is 3.95. The standard InChI is InChI=1S/C18H25NO4S/c1-3-23-18(21)14-7-6-10-19(13-14)17(20)15-8-4-5-9-16(15)24-12-11-22-2/h4-5,8-9,14H,3,6-7,10-13H2,1-2H3/t14-/m1/s1. The van der Waals surface area contributed by atoms with Gasteiger partial charge in [-0.2, -0.15) is 0 Å². The van der Waals surface area contributed by atoms with E-state index in [1.54, 1.807) is 30.7 Å². The molecule has 1 amide bonds. The number of amides is 1. The van der Waals surface area contributed by atoms with Gasteiger partial charge in [-0.1, -0.05) is 12.1 Å². The van der Waals surface area contributed by atoms with Crippen LogP contribution in [0.3, 0.4) is 0 Å². The number of carbonyl (C=O) groups is 2. The molecule has 132 valence electrons. The van der Waals surface area contributed by atoms with Gasteiger partial charge in [-0.05, 0) is 31.9 Å². The molecule has 0 spiro atoms. The third-order valence-electron chi connectivity index (χ3n) is 3.99. The van der Waals surface area contributed by atoms with Gasteiger partial charge >= 0.3 is 5.97 Å². The first-order valence-corrected chi connectivity index (χ1v) is 9.32. The van der Waals surface area contributed by atoms with Crippen molar-refractivity contribution in [1.82, 2.24) is 4.90 Å². The lowest BCUT2D eigenvalue weighted by atomic mass is 9.97. The minimum absolute atomic E-state index is 0.00971. The van der Waals surface area contributed by atoms with Crippen molar-refractivity contribution in [2.24, 2.45) is 5.92 Å². The van der Waals surface area contributed by atoms with Crippen LogP contribution in [0.15, 0.2) is 29.2 Å². The molecule has 0 saturated carbocycles. The Hall–Kier alpha value is -1.53. The summed E-state index contributed by atoms with van der Waals surface area (Å²) in [5, 5.41) is 0. The molecular formula is C18H25NO4S. The van der Waals surface area contributed by atoms with Gasteiger partial charge in [0.2, 0.25) is 0 Å². The summed E-state index contributed by atoms with van der Waals surface area (Å²) >= 11 is 1.62. The Morgan fingerprint density at radius 1 is 1.33 bits per heavy atom. The summed E-state index contributed by atoms with van der Waals surface area (Å²) in [4.78, 5) is 27.6. The van der Waals surface area contributed by atoms with Crippen LogP contribution in [0.2, 0.25) is 0 Å². The minimum atomic E-state index is -0.212. The van der Waals surface area contributed by atoms with E-state index in [2.05, 4.69) is 0 Å². The van der Waals surface area contributed by atoms with Gasteiger partial charge in [-0.15, -0.1) is 11.8 Å². The molecule has 24 heavy (non-hydrogen) atoms. The summed E-state index contributed by atoms with van der Waals surface area (Å²) in [5.74, 6) is 0.380. The molecule has 0 aliphatic carbocycles. The van der Waals surface area contributed by atoms with E-state index in [-0.39, 0.29) is 17.8 Å². The molecule has 0 N–H and O–H groups in total. The zero-order valence-electron chi connectivity index (χ0n) is 14.3. The highest BCUT2D eigenvalue weighted by molar-refractivity contribution is 7.99. The Bertz CT molecular complexity index is 564. The van der Waals surface area contributed by atoms with E-state index in [1.807, 2.05) is 24.3 Å². The average molecular weight is 351 g/mol. The molecule has 1 aromatic carbocycles. The predicted molar refractivity (Wildman–Crippen MR) is 94.3 cm³/mol. The number of benzene rings is 1. The van der Waals surface area contributed by atoms with Gasteiger partial charge < -0.3 is 14.4 Å². The van der Waals surface area contributed by atoms with E-state index in [9.17, 15) is 9.59 Å². The minimum Gasteiger partial charge on any atom is -0.466 e. The maximum absolute atomic E-state index is 12.9. The van der Waals surface area contributed by atoms with Gasteiger partial charge in [-0.25, -0.2) is 0 Å². The summed E-state index contributed by atoms with van der Waals surface area (Å²) in [7, 11) is 1.67. The van der Waals surface area contributed by atoms with Crippen molar-refractivity contribution in [3.05, 3.63) is 29.8 Å². The number of hydrogen-bond donors (Lipinski definition) is 0. The Morgan fingerprint density at radius 2 is 2.12 bits per heavy atom. The topological polar surface area (TPSA) is 55.8 Å². The molecule has 6 heteroatoms. The highest BCUT2D eigenvalue weighted by atomic mass is 32.2. The first-order chi connectivity index (χ1) is 11.7. The van der Waals surface area contributed by atoms with Gasteiger partial charge in [0.25, 0.3) is 5.91 Å². The summed E-state index contributed by atoms with van der Waals surface area (Å²) in [6, 6.07) is 7.62. The first-order valence-electron chi connectivity index (χ1n) is 8.34. The molecule has 0 radical (unpaired) electrons. The number of carbonyl (C=O) groups excluding carboxylic acids is 2. The van der Waals surface area contributed by atoms with Gasteiger partial charge in [0.1, 0.15) is 0 Å². The number of ether oxygens (including phenoxy) is 2. The van der Waals surface area contributed by atoms with Crippen LogP contribution >= 0.6 is 11.8 Å². The molecule has 1 aromatic rings. The van der Waals surface area contributed by atoms with Crippen LogP contribution in [-0.4, -0.2) is 55.9 Å². The lowest BCUT2D eigenvalue weighted by Crippen LogP contribution is -2.43. The van der Waals surface area contributed by atoms with Crippen LogP contribution in [0.25, 0.3) is 0 Å². The highest BCUT2D eigenvalue weighted by Gasteiger charge is 2.30.